The fourth-order valence-electron chi connectivity index (χ4n) is 3.43. The lowest BCUT2D eigenvalue weighted by Gasteiger charge is -2.25. The van der Waals surface area contributed by atoms with Crippen molar-refractivity contribution in [3.05, 3.63) is 34.9 Å². The Morgan fingerprint density at radius 1 is 1.32 bits per heavy atom. The van der Waals surface area contributed by atoms with Gasteiger partial charge < -0.3 is 20.3 Å². The van der Waals surface area contributed by atoms with Crippen LogP contribution in [0.5, 0.6) is 0 Å². The number of hydrogen-bond donors (Lipinski definition) is 2. The predicted molar refractivity (Wildman–Crippen MR) is 113 cm³/mol. The van der Waals surface area contributed by atoms with Crippen molar-refractivity contribution in [1.82, 2.24) is 15.5 Å². The van der Waals surface area contributed by atoms with Crippen LogP contribution in [-0.4, -0.2) is 63.2 Å². The summed E-state index contributed by atoms with van der Waals surface area (Å²) in [5.41, 5.74) is 1.35. The van der Waals surface area contributed by atoms with Crippen molar-refractivity contribution >= 4 is 23.5 Å². The summed E-state index contributed by atoms with van der Waals surface area (Å²) in [5.74, 6) is 0.642. The molecule has 1 saturated carbocycles. The lowest BCUT2D eigenvalue weighted by Crippen LogP contribution is -2.45. The third-order valence-corrected chi connectivity index (χ3v) is 5.76. The Morgan fingerprint density at radius 3 is 2.79 bits per heavy atom. The highest BCUT2D eigenvalue weighted by Gasteiger charge is 2.44. The molecule has 0 aromatic heterocycles. The van der Waals surface area contributed by atoms with Crippen molar-refractivity contribution in [3.63, 3.8) is 0 Å². The van der Waals surface area contributed by atoms with Crippen molar-refractivity contribution in [2.24, 2.45) is 4.99 Å². The number of carbonyl (C=O) groups excluding carboxylic acids is 1. The molecule has 1 heterocycles. The molecule has 2 fully saturated rings. The standard InChI is InChI=1S/C21H31ClN4O2/c1-26(2)19(27)14-24-20(23-13-18-8-3-4-11-28-18)25-15-21(9-10-21)16-6-5-7-17(22)12-16/h5-7,12,18H,3-4,8-11,13-15H2,1-2H3,(H2,23,24,25). The quantitative estimate of drug-likeness (QED) is 0.539. The third kappa shape index (κ3) is 5.85. The maximum Gasteiger partial charge on any atom is 0.243 e. The van der Waals surface area contributed by atoms with E-state index >= 15 is 0 Å². The molecule has 1 amide bonds. The summed E-state index contributed by atoms with van der Waals surface area (Å²) in [7, 11) is 3.49. The fraction of sp³-hybridized carbons (Fsp3) is 0.619. The number of hydrogen-bond acceptors (Lipinski definition) is 3. The molecule has 1 unspecified atom stereocenters. The number of carbonyl (C=O) groups is 1. The Bertz CT molecular complexity index is 697. The number of likely N-dealkylation sites (N-methyl/N-ethyl adjacent to an activating group) is 1. The first-order valence-corrected chi connectivity index (χ1v) is 10.5. The predicted octanol–water partition coefficient (Wildman–Crippen LogP) is 2.56. The molecule has 0 spiro atoms. The summed E-state index contributed by atoms with van der Waals surface area (Å²) >= 11 is 6.18. The smallest absolute Gasteiger partial charge is 0.243 e. The molecule has 7 heteroatoms. The van der Waals surface area contributed by atoms with Crippen molar-refractivity contribution in [1.29, 1.82) is 0 Å². The van der Waals surface area contributed by atoms with Gasteiger partial charge in [0.05, 0.1) is 6.10 Å². The molecule has 1 aromatic carbocycles. The van der Waals surface area contributed by atoms with Gasteiger partial charge in [-0.1, -0.05) is 23.7 Å². The molecule has 28 heavy (non-hydrogen) atoms. The molecule has 1 atom stereocenters. The van der Waals surface area contributed by atoms with Gasteiger partial charge in [0.2, 0.25) is 5.91 Å². The number of nitrogens with one attached hydrogen (secondary N) is 2. The zero-order valence-corrected chi connectivity index (χ0v) is 17.6. The van der Waals surface area contributed by atoms with Crippen LogP contribution in [0, 0.1) is 0 Å². The van der Waals surface area contributed by atoms with Crippen LogP contribution < -0.4 is 10.6 Å². The number of benzene rings is 1. The minimum atomic E-state index is -0.0222. The Hall–Kier alpha value is -1.79. The molecule has 1 aliphatic heterocycles. The maximum absolute atomic E-state index is 11.9. The van der Waals surface area contributed by atoms with Crippen LogP contribution in [0.2, 0.25) is 5.02 Å². The zero-order chi connectivity index (χ0) is 20.0. The summed E-state index contributed by atoms with van der Waals surface area (Å²) in [5, 5.41) is 7.57. The first-order chi connectivity index (χ1) is 13.5. The summed E-state index contributed by atoms with van der Waals surface area (Å²) in [6.07, 6.45) is 5.83. The SMILES string of the molecule is CN(C)C(=O)CN=C(NCC1CCCCO1)NCC1(c2cccc(Cl)c2)CC1. The van der Waals surface area contributed by atoms with E-state index in [9.17, 15) is 4.79 Å². The molecular formula is C21H31ClN4O2. The molecule has 1 aliphatic carbocycles. The average molecular weight is 407 g/mol. The average Bonchev–Trinajstić information content (AvgIpc) is 3.49. The van der Waals surface area contributed by atoms with Crippen molar-refractivity contribution in [2.45, 2.75) is 43.6 Å². The Kier molecular flexibility index (Phi) is 7.18. The van der Waals surface area contributed by atoms with E-state index in [-0.39, 0.29) is 24.0 Å². The Labute approximate surface area is 172 Å². The van der Waals surface area contributed by atoms with Crippen LogP contribution >= 0.6 is 11.6 Å². The molecule has 2 aliphatic rings. The zero-order valence-electron chi connectivity index (χ0n) is 16.8. The van der Waals surface area contributed by atoms with Gasteiger partial charge in [0.25, 0.3) is 0 Å². The Balaban J connectivity index is 1.61. The van der Waals surface area contributed by atoms with E-state index in [1.165, 1.54) is 12.0 Å². The van der Waals surface area contributed by atoms with Gasteiger partial charge in [-0.05, 0) is 49.8 Å². The highest BCUT2D eigenvalue weighted by atomic mass is 35.5. The van der Waals surface area contributed by atoms with Crippen LogP contribution in [0.3, 0.4) is 0 Å². The number of nitrogens with zero attached hydrogens (tertiary/aromatic N) is 2. The first-order valence-electron chi connectivity index (χ1n) is 10.1. The fourth-order valence-corrected chi connectivity index (χ4v) is 3.62. The van der Waals surface area contributed by atoms with Gasteiger partial charge in [0.15, 0.2) is 5.96 Å². The molecule has 154 valence electrons. The highest BCUT2D eigenvalue weighted by Crippen LogP contribution is 2.48. The van der Waals surface area contributed by atoms with E-state index < -0.39 is 0 Å². The molecule has 1 aromatic rings. The third-order valence-electron chi connectivity index (χ3n) is 5.53. The first kappa shape index (κ1) is 20.9. The summed E-state index contributed by atoms with van der Waals surface area (Å²) in [4.78, 5) is 18.0. The minimum absolute atomic E-state index is 0.0222. The number of guanidine groups is 1. The number of amides is 1. The van der Waals surface area contributed by atoms with Crippen molar-refractivity contribution < 1.29 is 9.53 Å². The molecule has 2 N–H and O–H groups in total. The second-order valence-electron chi connectivity index (χ2n) is 7.97. The van der Waals surface area contributed by atoms with Crippen molar-refractivity contribution in [3.8, 4) is 0 Å². The van der Waals surface area contributed by atoms with E-state index in [0.29, 0.717) is 12.5 Å². The number of halogens is 1. The molecule has 6 nitrogen and oxygen atoms in total. The van der Waals surface area contributed by atoms with Gasteiger partial charge in [-0.15, -0.1) is 0 Å². The molecule has 3 rings (SSSR count). The lowest BCUT2D eigenvalue weighted by molar-refractivity contribution is -0.127. The molecular weight excluding hydrogens is 376 g/mol. The second kappa shape index (κ2) is 9.61. The number of rotatable bonds is 7. The van der Waals surface area contributed by atoms with Crippen LogP contribution in [0.1, 0.15) is 37.7 Å². The van der Waals surface area contributed by atoms with E-state index in [1.807, 2.05) is 18.2 Å². The van der Waals surface area contributed by atoms with Gasteiger partial charge in [0.1, 0.15) is 6.54 Å². The minimum Gasteiger partial charge on any atom is -0.376 e. The second-order valence-corrected chi connectivity index (χ2v) is 8.40. The number of ether oxygens (including phenoxy) is 1. The number of aliphatic imine (C=N–C) groups is 1. The Morgan fingerprint density at radius 2 is 2.14 bits per heavy atom. The maximum atomic E-state index is 11.9. The highest BCUT2D eigenvalue weighted by molar-refractivity contribution is 6.30. The van der Waals surface area contributed by atoms with Crippen molar-refractivity contribution in [2.75, 3.05) is 40.3 Å². The van der Waals surface area contributed by atoms with Crippen LogP contribution in [-0.2, 0) is 14.9 Å². The van der Waals surface area contributed by atoms with E-state index in [0.717, 1.165) is 43.9 Å². The monoisotopic (exact) mass is 406 g/mol. The van der Waals surface area contributed by atoms with Crippen LogP contribution in [0.25, 0.3) is 0 Å². The summed E-state index contributed by atoms with van der Waals surface area (Å²) in [6, 6.07) is 8.09. The molecule has 0 bridgehead atoms. The van der Waals surface area contributed by atoms with Gasteiger partial charge in [-0.25, -0.2) is 4.99 Å². The molecule has 1 saturated heterocycles. The van der Waals surface area contributed by atoms with Gasteiger partial charge >= 0.3 is 0 Å². The largest absolute Gasteiger partial charge is 0.376 e. The van der Waals surface area contributed by atoms with E-state index in [2.05, 4.69) is 21.7 Å². The topological polar surface area (TPSA) is 66.0 Å². The lowest BCUT2D eigenvalue weighted by atomic mass is 9.96. The summed E-state index contributed by atoms with van der Waals surface area (Å²) < 4.78 is 5.80. The van der Waals surface area contributed by atoms with Gasteiger partial charge in [-0.2, -0.15) is 0 Å². The molecule has 0 radical (unpaired) electrons. The van der Waals surface area contributed by atoms with E-state index in [1.54, 1.807) is 19.0 Å². The van der Waals surface area contributed by atoms with E-state index in [4.69, 9.17) is 16.3 Å². The normalized spacial score (nSPS) is 21.1. The van der Waals surface area contributed by atoms with Gasteiger partial charge in [-0.3, -0.25) is 4.79 Å². The van der Waals surface area contributed by atoms with Crippen LogP contribution in [0.4, 0.5) is 0 Å². The van der Waals surface area contributed by atoms with Crippen LogP contribution in [0.15, 0.2) is 29.3 Å². The summed E-state index contributed by atoms with van der Waals surface area (Å²) in [6.45, 7) is 2.41. The van der Waals surface area contributed by atoms with Gasteiger partial charge in [0, 0.05) is 44.2 Å².